The zero-order chi connectivity index (χ0) is 14.9. The average Bonchev–Trinajstić information content (AvgIpc) is 2.73. The van der Waals surface area contributed by atoms with Crippen LogP contribution >= 0.6 is 0 Å². The first kappa shape index (κ1) is 14.8. The number of likely N-dealkylation sites (tertiary alicyclic amines) is 1. The van der Waals surface area contributed by atoms with Gasteiger partial charge in [0, 0.05) is 13.5 Å². The van der Waals surface area contributed by atoms with E-state index in [1.807, 2.05) is 20.8 Å². The highest BCUT2D eigenvalue weighted by Gasteiger charge is 2.35. The van der Waals surface area contributed by atoms with E-state index in [0.717, 1.165) is 0 Å². The predicted molar refractivity (Wildman–Crippen MR) is 70.2 cm³/mol. The van der Waals surface area contributed by atoms with E-state index in [-0.39, 0.29) is 12.5 Å². The summed E-state index contributed by atoms with van der Waals surface area (Å²) < 4.78 is 10.6. The van der Waals surface area contributed by atoms with Gasteiger partial charge in [-0.3, -0.25) is 0 Å². The molecule has 2 rings (SSSR count). The second-order valence-corrected chi connectivity index (χ2v) is 6.05. The number of amides is 1. The van der Waals surface area contributed by atoms with Crippen molar-refractivity contribution in [2.45, 2.75) is 51.7 Å². The van der Waals surface area contributed by atoms with E-state index in [0.29, 0.717) is 24.7 Å². The van der Waals surface area contributed by atoms with Crippen LogP contribution in [-0.4, -0.2) is 51.1 Å². The standard InChI is InChI=1S/C13H21N3O4/c1-8-14-15-11(19-8)9-5-6-16(7-10(9)17)12(18)20-13(2,3)4/h9-10,17H,5-7H2,1-4H3. The lowest BCUT2D eigenvalue weighted by atomic mass is 9.94. The summed E-state index contributed by atoms with van der Waals surface area (Å²) in [6, 6.07) is 0. The van der Waals surface area contributed by atoms with Crippen LogP contribution in [0.15, 0.2) is 4.42 Å². The van der Waals surface area contributed by atoms with Crippen LogP contribution in [0.1, 0.15) is 44.9 Å². The number of aromatic nitrogens is 2. The van der Waals surface area contributed by atoms with Gasteiger partial charge in [0.15, 0.2) is 0 Å². The van der Waals surface area contributed by atoms with Gasteiger partial charge in [0.25, 0.3) is 0 Å². The number of aliphatic hydroxyl groups excluding tert-OH is 1. The van der Waals surface area contributed by atoms with E-state index in [2.05, 4.69) is 10.2 Å². The Morgan fingerprint density at radius 3 is 2.65 bits per heavy atom. The molecule has 0 saturated carbocycles. The largest absolute Gasteiger partial charge is 0.444 e. The second kappa shape index (κ2) is 5.40. The molecule has 1 aliphatic rings. The molecule has 0 bridgehead atoms. The number of β-amino-alcohol motifs (C(OH)–C–C–N with tert-alkyl or cyclic N) is 1. The van der Waals surface area contributed by atoms with Crippen molar-refractivity contribution in [2.75, 3.05) is 13.1 Å². The van der Waals surface area contributed by atoms with Crippen LogP contribution in [0.25, 0.3) is 0 Å². The van der Waals surface area contributed by atoms with Gasteiger partial charge in [-0.05, 0) is 27.2 Å². The van der Waals surface area contributed by atoms with Crippen LogP contribution in [0.5, 0.6) is 0 Å². The van der Waals surface area contributed by atoms with Gasteiger partial charge < -0.3 is 19.2 Å². The highest BCUT2D eigenvalue weighted by atomic mass is 16.6. The molecule has 0 aliphatic carbocycles. The minimum absolute atomic E-state index is 0.209. The number of aliphatic hydroxyl groups is 1. The Hall–Kier alpha value is -1.63. The molecule has 1 aromatic heterocycles. The Morgan fingerprint density at radius 2 is 2.15 bits per heavy atom. The van der Waals surface area contributed by atoms with Crippen molar-refractivity contribution >= 4 is 6.09 Å². The van der Waals surface area contributed by atoms with Gasteiger partial charge in [0.1, 0.15) is 5.60 Å². The lowest BCUT2D eigenvalue weighted by Crippen LogP contribution is -2.47. The van der Waals surface area contributed by atoms with Crippen LogP contribution in [0.2, 0.25) is 0 Å². The minimum Gasteiger partial charge on any atom is -0.444 e. The first-order valence-electron chi connectivity index (χ1n) is 6.72. The average molecular weight is 283 g/mol. The van der Waals surface area contributed by atoms with Crippen molar-refractivity contribution < 1.29 is 19.1 Å². The topological polar surface area (TPSA) is 88.7 Å². The van der Waals surface area contributed by atoms with Crippen molar-refractivity contribution in [1.82, 2.24) is 15.1 Å². The van der Waals surface area contributed by atoms with Crippen molar-refractivity contribution in [3.05, 3.63) is 11.8 Å². The summed E-state index contributed by atoms with van der Waals surface area (Å²) in [5.41, 5.74) is -0.539. The normalized spacial score (nSPS) is 23.8. The minimum atomic E-state index is -0.726. The van der Waals surface area contributed by atoms with E-state index in [1.165, 1.54) is 4.90 Å². The molecule has 1 aromatic rings. The number of carbonyl (C=O) groups excluding carboxylic acids is 1. The molecule has 1 amide bonds. The molecule has 20 heavy (non-hydrogen) atoms. The van der Waals surface area contributed by atoms with Gasteiger partial charge in [-0.2, -0.15) is 0 Å². The Bertz CT molecular complexity index is 480. The molecule has 1 fully saturated rings. The monoisotopic (exact) mass is 283 g/mol. The van der Waals surface area contributed by atoms with Gasteiger partial charge in [-0.15, -0.1) is 10.2 Å². The van der Waals surface area contributed by atoms with Gasteiger partial charge in [0.2, 0.25) is 11.8 Å². The van der Waals surface area contributed by atoms with E-state index in [1.54, 1.807) is 6.92 Å². The van der Waals surface area contributed by atoms with Crippen molar-refractivity contribution in [1.29, 1.82) is 0 Å². The molecule has 112 valence electrons. The number of piperidine rings is 1. The van der Waals surface area contributed by atoms with E-state index in [9.17, 15) is 9.90 Å². The highest BCUT2D eigenvalue weighted by molar-refractivity contribution is 5.68. The molecule has 2 heterocycles. The zero-order valence-electron chi connectivity index (χ0n) is 12.3. The summed E-state index contributed by atoms with van der Waals surface area (Å²) in [6.45, 7) is 7.86. The molecule has 1 N–H and O–H groups in total. The fourth-order valence-corrected chi connectivity index (χ4v) is 2.17. The number of nitrogens with zero attached hydrogens (tertiary/aromatic N) is 3. The summed E-state index contributed by atoms with van der Waals surface area (Å²) in [5.74, 6) is 0.676. The van der Waals surface area contributed by atoms with E-state index in [4.69, 9.17) is 9.15 Å². The van der Waals surface area contributed by atoms with Crippen molar-refractivity contribution in [3.8, 4) is 0 Å². The second-order valence-electron chi connectivity index (χ2n) is 6.05. The number of hydrogen-bond acceptors (Lipinski definition) is 6. The Labute approximate surface area is 117 Å². The molecular formula is C13H21N3O4. The summed E-state index contributed by atoms with van der Waals surface area (Å²) in [7, 11) is 0. The molecule has 7 heteroatoms. The van der Waals surface area contributed by atoms with E-state index < -0.39 is 17.8 Å². The SMILES string of the molecule is Cc1nnc(C2CCN(C(=O)OC(C)(C)C)CC2O)o1. The zero-order valence-corrected chi connectivity index (χ0v) is 12.3. The van der Waals surface area contributed by atoms with Gasteiger partial charge >= 0.3 is 6.09 Å². The van der Waals surface area contributed by atoms with E-state index >= 15 is 0 Å². The van der Waals surface area contributed by atoms with Crippen LogP contribution in [0.3, 0.4) is 0 Å². The third kappa shape index (κ3) is 3.47. The smallest absolute Gasteiger partial charge is 0.410 e. The lowest BCUT2D eigenvalue weighted by Gasteiger charge is -2.35. The molecule has 0 spiro atoms. The fraction of sp³-hybridized carbons (Fsp3) is 0.769. The maximum atomic E-state index is 11.9. The first-order chi connectivity index (χ1) is 9.26. The number of rotatable bonds is 1. The molecule has 2 unspecified atom stereocenters. The molecular weight excluding hydrogens is 262 g/mol. The molecule has 1 saturated heterocycles. The quantitative estimate of drug-likeness (QED) is 0.839. The van der Waals surface area contributed by atoms with Gasteiger partial charge in [-0.25, -0.2) is 4.79 Å². The summed E-state index contributed by atoms with van der Waals surface area (Å²) in [5, 5.41) is 17.9. The maximum absolute atomic E-state index is 11.9. The van der Waals surface area contributed by atoms with Gasteiger partial charge in [0.05, 0.1) is 18.6 Å². The molecule has 0 radical (unpaired) electrons. The first-order valence-corrected chi connectivity index (χ1v) is 6.72. The van der Waals surface area contributed by atoms with Crippen LogP contribution in [0.4, 0.5) is 4.79 Å². The molecule has 7 nitrogen and oxygen atoms in total. The Balaban J connectivity index is 1.97. The number of hydrogen-bond donors (Lipinski definition) is 1. The number of aryl methyl sites for hydroxylation is 1. The van der Waals surface area contributed by atoms with Crippen LogP contribution in [-0.2, 0) is 4.74 Å². The number of ether oxygens (including phenoxy) is 1. The van der Waals surface area contributed by atoms with Gasteiger partial charge in [-0.1, -0.05) is 0 Å². The fourth-order valence-electron chi connectivity index (χ4n) is 2.17. The summed E-state index contributed by atoms with van der Waals surface area (Å²) >= 11 is 0. The highest BCUT2D eigenvalue weighted by Crippen LogP contribution is 2.28. The van der Waals surface area contributed by atoms with Crippen molar-refractivity contribution in [2.24, 2.45) is 0 Å². The third-order valence-electron chi connectivity index (χ3n) is 3.09. The Kier molecular flexibility index (Phi) is 3.99. The summed E-state index contributed by atoms with van der Waals surface area (Å²) in [6.07, 6.45) is -0.560. The predicted octanol–water partition coefficient (Wildman–Crippen LogP) is 1.46. The third-order valence-corrected chi connectivity index (χ3v) is 3.09. The van der Waals surface area contributed by atoms with Crippen LogP contribution in [0, 0.1) is 6.92 Å². The molecule has 0 aromatic carbocycles. The lowest BCUT2D eigenvalue weighted by molar-refractivity contribution is -0.00419. The summed E-state index contributed by atoms with van der Waals surface area (Å²) in [4.78, 5) is 13.5. The Morgan fingerprint density at radius 1 is 1.45 bits per heavy atom. The van der Waals surface area contributed by atoms with Crippen LogP contribution < -0.4 is 0 Å². The maximum Gasteiger partial charge on any atom is 0.410 e. The molecule has 2 atom stereocenters. The van der Waals surface area contributed by atoms with Crippen molar-refractivity contribution in [3.63, 3.8) is 0 Å². The number of carbonyl (C=O) groups is 1. The molecule has 1 aliphatic heterocycles.